The molecular formula is C17H22N2O2. The van der Waals surface area contributed by atoms with E-state index < -0.39 is 6.10 Å². The van der Waals surface area contributed by atoms with E-state index in [9.17, 15) is 5.11 Å². The Morgan fingerprint density at radius 1 is 1.38 bits per heavy atom. The first-order valence-electron chi connectivity index (χ1n) is 7.46. The van der Waals surface area contributed by atoms with Gasteiger partial charge in [-0.05, 0) is 55.5 Å². The van der Waals surface area contributed by atoms with E-state index in [1.807, 2.05) is 29.8 Å². The zero-order valence-corrected chi connectivity index (χ0v) is 13.1. The average Bonchev–Trinajstić information content (AvgIpc) is 2.96. The Morgan fingerprint density at radius 3 is 2.76 bits per heavy atom. The van der Waals surface area contributed by atoms with Crippen LogP contribution in [-0.2, 0) is 12.8 Å². The third-order valence-corrected chi connectivity index (χ3v) is 4.61. The fourth-order valence-electron chi connectivity index (χ4n) is 3.46. The number of hydrogen-bond acceptors (Lipinski definition) is 3. The monoisotopic (exact) mass is 286 g/mol. The minimum atomic E-state index is -0.530. The summed E-state index contributed by atoms with van der Waals surface area (Å²) >= 11 is 0. The van der Waals surface area contributed by atoms with E-state index in [4.69, 9.17) is 4.74 Å². The molecule has 4 nitrogen and oxygen atoms in total. The summed E-state index contributed by atoms with van der Waals surface area (Å²) in [5.41, 5.74) is 5.66. The minimum absolute atomic E-state index is 0.0221. The van der Waals surface area contributed by atoms with E-state index in [2.05, 4.69) is 18.9 Å². The first-order valence-corrected chi connectivity index (χ1v) is 7.46. The molecule has 112 valence electrons. The van der Waals surface area contributed by atoms with Gasteiger partial charge in [-0.1, -0.05) is 13.0 Å². The van der Waals surface area contributed by atoms with Gasteiger partial charge in [0, 0.05) is 5.69 Å². The molecule has 21 heavy (non-hydrogen) atoms. The van der Waals surface area contributed by atoms with Gasteiger partial charge in [0.1, 0.15) is 11.9 Å². The number of rotatable bonds is 3. The van der Waals surface area contributed by atoms with Crippen LogP contribution in [0.5, 0.6) is 5.75 Å². The number of aliphatic hydroxyl groups is 1. The first kappa shape index (κ1) is 14.1. The van der Waals surface area contributed by atoms with Gasteiger partial charge < -0.3 is 9.84 Å². The van der Waals surface area contributed by atoms with Crippen LogP contribution in [0.2, 0.25) is 0 Å². The molecule has 0 fully saturated rings. The third kappa shape index (κ3) is 2.14. The first-order chi connectivity index (χ1) is 10.1. The molecule has 1 aromatic heterocycles. The van der Waals surface area contributed by atoms with Crippen molar-refractivity contribution < 1.29 is 9.84 Å². The summed E-state index contributed by atoms with van der Waals surface area (Å²) in [4.78, 5) is 0. The predicted molar refractivity (Wildman–Crippen MR) is 81.8 cm³/mol. The molecule has 1 N–H and O–H groups in total. The lowest BCUT2D eigenvalue weighted by molar-refractivity contribution is 0.119. The Hall–Kier alpha value is -1.81. The fourth-order valence-corrected chi connectivity index (χ4v) is 3.46. The Balaban J connectivity index is 2.00. The predicted octanol–water partition coefficient (Wildman–Crippen LogP) is 2.90. The molecule has 1 aliphatic rings. The van der Waals surface area contributed by atoms with E-state index >= 15 is 0 Å². The van der Waals surface area contributed by atoms with Gasteiger partial charge in [0.05, 0.1) is 18.8 Å². The normalized spacial score (nSPS) is 20.6. The van der Waals surface area contributed by atoms with Crippen molar-refractivity contribution in [3.63, 3.8) is 0 Å². The number of aliphatic hydroxyl groups excluding tert-OH is 1. The van der Waals surface area contributed by atoms with Crippen molar-refractivity contribution >= 4 is 0 Å². The van der Waals surface area contributed by atoms with Crippen molar-refractivity contribution in [1.29, 1.82) is 0 Å². The maximum Gasteiger partial charge on any atom is 0.119 e. The second-order valence-electron chi connectivity index (χ2n) is 5.73. The van der Waals surface area contributed by atoms with Gasteiger partial charge in [0.15, 0.2) is 0 Å². The second-order valence-corrected chi connectivity index (χ2v) is 5.73. The van der Waals surface area contributed by atoms with Crippen molar-refractivity contribution in [2.45, 2.75) is 45.8 Å². The topological polar surface area (TPSA) is 47.3 Å². The van der Waals surface area contributed by atoms with Crippen LogP contribution in [0.4, 0.5) is 0 Å². The number of fused-ring (bicyclic) bond motifs is 1. The number of benzene rings is 1. The van der Waals surface area contributed by atoms with Crippen LogP contribution in [0.25, 0.3) is 0 Å². The summed E-state index contributed by atoms with van der Waals surface area (Å²) < 4.78 is 7.26. The fraction of sp³-hybridized carbons (Fsp3) is 0.471. The molecule has 2 atom stereocenters. The largest absolute Gasteiger partial charge is 0.497 e. The molecule has 1 heterocycles. The van der Waals surface area contributed by atoms with Gasteiger partial charge in [-0.15, -0.1) is 0 Å². The number of methoxy groups -OCH3 is 1. The zero-order chi connectivity index (χ0) is 15.1. The van der Waals surface area contributed by atoms with Crippen LogP contribution in [0.3, 0.4) is 0 Å². The van der Waals surface area contributed by atoms with E-state index in [1.165, 1.54) is 16.8 Å². The van der Waals surface area contributed by atoms with Gasteiger partial charge in [-0.25, -0.2) is 0 Å². The molecule has 0 amide bonds. The summed E-state index contributed by atoms with van der Waals surface area (Å²) in [6.07, 6.45) is 1.25. The van der Waals surface area contributed by atoms with Crippen LogP contribution < -0.4 is 4.74 Å². The lowest BCUT2D eigenvalue weighted by Gasteiger charge is -2.18. The van der Waals surface area contributed by atoms with Crippen LogP contribution in [0, 0.1) is 13.8 Å². The molecule has 1 aliphatic carbocycles. The molecule has 4 heteroatoms. The molecule has 2 aromatic rings. The summed E-state index contributed by atoms with van der Waals surface area (Å²) in [5.74, 6) is 0.788. The second kappa shape index (κ2) is 5.19. The van der Waals surface area contributed by atoms with Gasteiger partial charge in [-0.2, -0.15) is 5.10 Å². The molecule has 0 aliphatic heterocycles. The molecule has 1 aromatic carbocycles. The van der Waals surface area contributed by atoms with Crippen molar-refractivity contribution in [3.8, 4) is 5.75 Å². The highest BCUT2D eigenvalue weighted by Crippen LogP contribution is 2.41. The smallest absolute Gasteiger partial charge is 0.119 e. The standard InChI is InChI=1S/C17H22N2O2/c1-5-14-10(2)18-19(11(14)3)16-8-12-6-7-13(21-4)9-15(12)17(16)20/h6-7,9,16-17,20H,5,8H2,1-4H3. The van der Waals surface area contributed by atoms with Gasteiger partial charge in [0.25, 0.3) is 0 Å². The average molecular weight is 286 g/mol. The molecule has 0 saturated heterocycles. The Morgan fingerprint density at radius 2 is 2.14 bits per heavy atom. The molecule has 0 saturated carbocycles. The van der Waals surface area contributed by atoms with Crippen molar-refractivity contribution in [1.82, 2.24) is 9.78 Å². The molecule has 0 bridgehead atoms. The zero-order valence-electron chi connectivity index (χ0n) is 13.1. The highest BCUT2D eigenvalue weighted by Gasteiger charge is 2.34. The van der Waals surface area contributed by atoms with Crippen LogP contribution in [-0.4, -0.2) is 22.0 Å². The highest BCUT2D eigenvalue weighted by atomic mass is 16.5. The lowest BCUT2D eigenvalue weighted by Crippen LogP contribution is -2.17. The molecular weight excluding hydrogens is 264 g/mol. The minimum Gasteiger partial charge on any atom is -0.497 e. The van der Waals surface area contributed by atoms with Crippen molar-refractivity contribution in [2.24, 2.45) is 0 Å². The Labute approximate surface area is 125 Å². The summed E-state index contributed by atoms with van der Waals surface area (Å²) in [6, 6.07) is 5.91. The van der Waals surface area contributed by atoms with E-state index in [0.29, 0.717) is 0 Å². The Bertz CT molecular complexity index is 676. The van der Waals surface area contributed by atoms with Gasteiger partial charge in [-0.3, -0.25) is 4.68 Å². The van der Waals surface area contributed by atoms with Crippen LogP contribution in [0.1, 0.15) is 47.1 Å². The SMILES string of the molecule is CCc1c(C)nn(C2Cc3ccc(OC)cc3C2O)c1C. The number of hydrogen-bond donors (Lipinski definition) is 1. The summed E-state index contributed by atoms with van der Waals surface area (Å²) in [5, 5.41) is 15.4. The number of ether oxygens (including phenoxy) is 1. The highest BCUT2D eigenvalue weighted by molar-refractivity contribution is 5.42. The van der Waals surface area contributed by atoms with E-state index in [1.54, 1.807) is 7.11 Å². The lowest BCUT2D eigenvalue weighted by atomic mass is 10.1. The van der Waals surface area contributed by atoms with Crippen LogP contribution in [0.15, 0.2) is 18.2 Å². The maximum atomic E-state index is 10.7. The quantitative estimate of drug-likeness (QED) is 0.943. The van der Waals surface area contributed by atoms with Crippen molar-refractivity contribution in [3.05, 3.63) is 46.3 Å². The third-order valence-electron chi connectivity index (χ3n) is 4.61. The number of aromatic nitrogens is 2. The molecule has 0 spiro atoms. The van der Waals surface area contributed by atoms with E-state index in [0.717, 1.165) is 29.8 Å². The van der Waals surface area contributed by atoms with Crippen LogP contribution >= 0.6 is 0 Å². The van der Waals surface area contributed by atoms with E-state index in [-0.39, 0.29) is 6.04 Å². The number of nitrogens with zero attached hydrogens (tertiary/aromatic N) is 2. The Kier molecular flexibility index (Phi) is 3.49. The maximum absolute atomic E-state index is 10.7. The van der Waals surface area contributed by atoms with Crippen molar-refractivity contribution in [2.75, 3.05) is 7.11 Å². The van der Waals surface area contributed by atoms with Gasteiger partial charge >= 0.3 is 0 Å². The number of aryl methyl sites for hydroxylation is 1. The summed E-state index contributed by atoms with van der Waals surface area (Å²) in [6.45, 7) is 6.28. The molecule has 3 rings (SSSR count). The summed E-state index contributed by atoms with van der Waals surface area (Å²) in [7, 11) is 1.65. The molecule has 2 unspecified atom stereocenters. The molecule has 0 radical (unpaired) electrons. The van der Waals surface area contributed by atoms with Gasteiger partial charge in [0.2, 0.25) is 0 Å².